The van der Waals surface area contributed by atoms with Crippen molar-refractivity contribution >= 4 is 5.91 Å². The molecule has 0 bridgehead atoms. The summed E-state index contributed by atoms with van der Waals surface area (Å²) in [6.07, 6.45) is 3.87. The van der Waals surface area contributed by atoms with Gasteiger partial charge in [-0.1, -0.05) is 6.92 Å². The smallest absolute Gasteiger partial charge is 0.239 e. The van der Waals surface area contributed by atoms with Gasteiger partial charge in [0.2, 0.25) is 5.91 Å². The molecule has 0 aromatic carbocycles. The molecular formula is C14H26N2O2. The molecule has 2 aliphatic heterocycles. The van der Waals surface area contributed by atoms with E-state index in [0.717, 1.165) is 51.2 Å². The molecular weight excluding hydrogens is 228 g/mol. The van der Waals surface area contributed by atoms with Gasteiger partial charge in [-0.25, -0.2) is 0 Å². The molecule has 4 nitrogen and oxygen atoms in total. The number of amides is 1. The lowest BCUT2D eigenvalue weighted by Crippen LogP contribution is -2.52. The van der Waals surface area contributed by atoms with Gasteiger partial charge in [-0.2, -0.15) is 0 Å². The first-order valence-electron chi connectivity index (χ1n) is 7.29. The van der Waals surface area contributed by atoms with Crippen molar-refractivity contribution in [2.24, 2.45) is 5.92 Å². The van der Waals surface area contributed by atoms with Crippen LogP contribution in [0.3, 0.4) is 0 Å². The van der Waals surface area contributed by atoms with Crippen LogP contribution in [-0.2, 0) is 4.79 Å². The van der Waals surface area contributed by atoms with Crippen LogP contribution in [0, 0.1) is 5.92 Å². The van der Waals surface area contributed by atoms with Crippen LogP contribution in [0.25, 0.3) is 0 Å². The molecule has 4 heteroatoms. The van der Waals surface area contributed by atoms with E-state index >= 15 is 0 Å². The Hall–Kier alpha value is -0.610. The Morgan fingerprint density at radius 3 is 2.50 bits per heavy atom. The topological polar surface area (TPSA) is 43.8 Å². The van der Waals surface area contributed by atoms with Crippen molar-refractivity contribution in [1.82, 2.24) is 9.80 Å². The van der Waals surface area contributed by atoms with E-state index in [9.17, 15) is 9.90 Å². The molecule has 2 fully saturated rings. The number of carbonyl (C=O) groups is 1. The molecule has 2 atom stereocenters. The Bertz CT molecular complexity index is 288. The van der Waals surface area contributed by atoms with E-state index in [0.29, 0.717) is 6.54 Å². The lowest BCUT2D eigenvalue weighted by molar-refractivity contribution is -0.138. The van der Waals surface area contributed by atoms with E-state index in [-0.39, 0.29) is 18.1 Å². The van der Waals surface area contributed by atoms with Crippen molar-refractivity contribution in [1.29, 1.82) is 0 Å². The molecule has 1 amide bonds. The number of carbonyl (C=O) groups excluding carboxylic acids is 1. The quantitative estimate of drug-likeness (QED) is 0.802. The molecule has 0 aromatic rings. The fraction of sp³-hybridized carbons (Fsp3) is 0.929. The summed E-state index contributed by atoms with van der Waals surface area (Å²) in [5.74, 6) is 0.997. The maximum Gasteiger partial charge on any atom is 0.239 e. The van der Waals surface area contributed by atoms with Crippen LogP contribution in [0.2, 0.25) is 0 Å². The third-order valence-electron chi connectivity index (χ3n) is 4.43. The van der Waals surface area contributed by atoms with Gasteiger partial charge in [-0.15, -0.1) is 0 Å². The number of nitrogens with zero attached hydrogens (tertiary/aromatic N) is 2. The van der Waals surface area contributed by atoms with Crippen molar-refractivity contribution in [2.45, 2.75) is 51.7 Å². The summed E-state index contributed by atoms with van der Waals surface area (Å²) < 4.78 is 0. The van der Waals surface area contributed by atoms with Gasteiger partial charge >= 0.3 is 0 Å². The fourth-order valence-electron chi connectivity index (χ4n) is 2.98. The van der Waals surface area contributed by atoms with Crippen LogP contribution in [-0.4, -0.2) is 59.1 Å². The Morgan fingerprint density at radius 2 is 1.89 bits per heavy atom. The van der Waals surface area contributed by atoms with Crippen LogP contribution >= 0.6 is 0 Å². The first-order valence-corrected chi connectivity index (χ1v) is 7.29. The van der Waals surface area contributed by atoms with Crippen molar-refractivity contribution in [3.05, 3.63) is 0 Å². The zero-order valence-corrected chi connectivity index (χ0v) is 11.6. The zero-order chi connectivity index (χ0) is 13.1. The molecule has 18 heavy (non-hydrogen) atoms. The predicted octanol–water partition coefficient (Wildman–Crippen LogP) is 1.09. The first-order chi connectivity index (χ1) is 8.58. The summed E-state index contributed by atoms with van der Waals surface area (Å²) in [6, 6.07) is -0.0756. The zero-order valence-electron chi connectivity index (χ0n) is 11.6. The summed E-state index contributed by atoms with van der Waals surface area (Å²) in [5, 5.41) is 9.69. The monoisotopic (exact) mass is 254 g/mol. The molecule has 2 unspecified atom stereocenters. The highest BCUT2D eigenvalue weighted by molar-refractivity contribution is 5.81. The van der Waals surface area contributed by atoms with Crippen molar-refractivity contribution in [2.75, 3.05) is 26.2 Å². The number of hydrogen-bond acceptors (Lipinski definition) is 3. The molecule has 0 aromatic heterocycles. The van der Waals surface area contributed by atoms with Crippen LogP contribution in [0.5, 0.6) is 0 Å². The van der Waals surface area contributed by atoms with E-state index in [1.807, 2.05) is 11.8 Å². The van der Waals surface area contributed by atoms with Gasteiger partial charge < -0.3 is 10.0 Å². The predicted molar refractivity (Wildman–Crippen MR) is 71.3 cm³/mol. The minimum atomic E-state index is -0.254. The van der Waals surface area contributed by atoms with Gasteiger partial charge in [-0.05, 0) is 45.1 Å². The average molecular weight is 254 g/mol. The lowest BCUT2D eigenvalue weighted by atomic mass is 9.98. The maximum atomic E-state index is 12.4. The van der Waals surface area contributed by atoms with Gasteiger partial charge in [0.05, 0.1) is 12.1 Å². The Balaban J connectivity index is 1.87. The Kier molecular flexibility index (Phi) is 4.62. The molecule has 2 rings (SSSR count). The summed E-state index contributed by atoms with van der Waals surface area (Å²) >= 11 is 0. The highest BCUT2D eigenvalue weighted by Gasteiger charge is 2.30. The maximum absolute atomic E-state index is 12.4. The van der Waals surface area contributed by atoms with Crippen LogP contribution in [0.1, 0.15) is 39.5 Å². The molecule has 0 saturated carbocycles. The summed E-state index contributed by atoms with van der Waals surface area (Å²) in [6.45, 7) is 7.64. The van der Waals surface area contributed by atoms with Crippen LogP contribution in [0.4, 0.5) is 0 Å². The molecule has 104 valence electrons. The number of aliphatic hydroxyl groups is 1. The van der Waals surface area contributed by atoms with Gasteiger partial charge in [0, 0.05) is 19.6 Å². The first kappa shape index (κ1) is 13.8. The van der Waals surface area contributed by atoms with E-state index in [2.05, 4.69) is 11.8 Å². The molecule has 2 heterocycles. The molecule has 0 aliphatic carbocycles. The van der Waals surface area contributed by atoms with Crippen molar-refractivity contribution in [3.8, 4) is 0 Å². The number of rotatable bonds is 2. The van der Waals surface area contributed by atoms with Crippen molar-refractivity contribution in [3.63, 3.8) is 0 Å². The molecule has 2 aliphatic rings. The van der Waals surface area contributed by atoms with Gasteiger partial charge in [0.1, 0.15) is 0 Å². The summed E-state index contributed by atoms with van der Waals surface area (Å²) in [4.78, 5) is 16.6. The minimum absolute atomic E-state index is 0.0756. The Labute approximate surface area is 110 Å². The Morgan fingerprint density at radius 1 is 1.22 bits per heavy atom. The minimum Gasteiger partial charge on any atom is -0.392 e. The average Bonchev–Trinajstić information content (AvgIpc) is 2.38. The van der Waals surface area contributed by atoms with Crippen molar-refractivity contribution < 1.29 is 9.90 Å². The summed E-state index contributed by atoms with van der Waals surface area (Å²) in [5.41, 5.74) is 0. The second-order valence-corrected chi connectivity index (χ2v) is 5.97. The van der Waals surface area contributed by atoms with Gasteiger partial charge in [-0.3, -0.25) is 9.69 Å². The third kappa shape index (κ3) is 3.23. The second-order valence-electron chi connectivity index (χ2n) is 5.97. The van der Waals surface area contributed by atoms with Gasteiger partial charge in [0.25, 0.3) is 0 Å². The molecule has 1 N–H and O–H groups in total. The third-order valence-corrected chi connectivity index (χ3v) is 4.43. The highest BCUT2D eigenvalue weighted by atomic mass is 16.3. The second kappa shape index (κ2) is 6.02. The van der Waals surface area contributed by atoms with E-state index in [4.69, 9.17) is 0 Å². The standard InChI is InChI=1S/C14H26N2O2/c1-11-5-8-15(9-6-11)14(18)12(2)16-7-3-4-13(17)10-16/h11-13,17H,3-10H2,1-2H3. The molecule has 2 saturated heterocycles. The largest absolute Gasteiger partial charge is 0.392 e. The fourth-order valence-corrected chi connectivity index (χ4v) is 2.98. The molecule has 0 spiro atoms. The normalized spacial score (nSPS) is 29.3. The number of aliphatic hydroxyl groups excluding tert-OH is 1. The highest BCUT2D eigenvalue weighted by Crippen LogP contribution is 2.19. The van der Waals surface area contributed by atoms with E-state index < -0.39 is 0 Å². The number of β-amino-alcohol motifs (C(OH)–C–C–N with tert-alkyl or cyclic N) is 1. The van der Waals surface area contributed by atoms with Gasteiger partial charge in [0.15, 0.2) is 0 Å². The van der Waals surface area contributed by atoms with E-state index in [1.54, 1.807) is 0 Å². The number of likely N-dealkylation sites (tertiary alicyclic amines) is 2. The van der Waals surface area contributed by atoms with Crippen LogP contribution < -0.4 is 0 Å². The number of piperidine rings is 2. The molecule has 0 radical (unpaired) electrons. The SMILES string of the molecule is CC1CCN(C(=O)C(C)N2CCCC(O)C2)CC1. The number of hydrogen-bond donors (Lipinski definition) is 1. The summed E-state index contributed by atoms with van der Waals surface area (Å²) in [7, 11) is 0. The van der Waals surface area contributed by atoms with Crippen LogP contribution in [0.15, 0.2) is 0 Å². The lowest BCUT2D eigenvalue weighted by Gasteiger charge is -2.38. The van der Waals surface area contributed by atoms with E-state index in [1.165, 1.54) is 0 Å².